The van der Waals surface area contributed by atoms with Crippen LogP contribution in [0.3, 0.4) is 0 Å². The Bertz CT molecular complexity index is 844. The number of amides is 1. The topological polar surface area (TPSA) is 81.7 Å². The lowest BCUT2D eigenvalue weighted by atomic mass is 10.2. The van der Waals surface area contributed by atoms with Gasteiger partial charge in [0.1, 0.15) is 12.4 Å². The second kappa shape index (κ2) is 11.0. The van der Waals surface area contributed by atoms with Crippen molar-refractivity contribution in [3.8, 4) is 0 Å². The summed E-state index contributed by atoms with van der Waals surface area (Å²) in [7, 11) is -3.56. The van der Waals surface area contributed by atoms with Crippen LogP contribution >= 0.6 is 11.8 Å². The fourth-order valence-corrected chi connectivity index (χ4v) is 3.57. The molecule has 2 aromatic rings. The first-order valence-corrected chi connectivity index (χ1v) is 11.3. The van der Waals surface area contributed by atoms with E-state index in [1.165, 1.54) is 23.9 Å². The SMILES string of the molecule is CS(=O)(=O)OCC[C@H](CSc1ccc(F)cc1)NC(=O)OCc1ccccc1. The van der Waals surface area contributed by atoms with Gasteiger partial charge in [-0.1, -0.05) is 30.3 Å². The molecule has 0 unspecified atom stereocenters. The van der Waals surface area contributed by atoms with Crippen molar-refractivity contribution in [3.63, 3.8) is 0 Å². The molecule has 0 fully saturated rings. The molecule has 0 radical (unpaired) electrons. The van der Waals surface area contributed by atoms with Crippen molar-refractivity contribution in [1.82, 2.24) is 5.32 Å². The van der Waals surface area contributed by atoms with E-state index in [0.717, 1.165) is 16.7 Å². The number of hydrogen-bond acceptors (Lipinski definition) is 6. The maximum atomic E-state index is 13.0. The summed E-state index contributed by atoms with van der Waals surface area (Å²) in [6, 6.07) is 14.8. The van der Waals surface area contributed by atoms with E-state index in [0.29, 0.717) is 5.75 Å². The quantitative estimate of drug-likeness (QED) is 0.461. The number of carbonyl (C=O) groups excluding carboxylic acids is 1. The second-order valence-corrected chi connectivity index (χ2v) is 8.72. The Morgan fingerprint density at radius 2 is 1.82 bits per heavy atom. The van der Waals surface area contributed by atoms with Crippen LogP contribution in [0.4, 0.5) is 9.18 Å². The predicted molar refractivity (Wildman–Crippen MR) is 106 cm³/mol. The second-order valence-electron chi connectivity index (χ2n) is 5.98. The summed E-state index contributed by atoms with van der Waals surface area (Å²) in [5.41, 5.74) is 0.857. The fourth-order valence-electron chi connectivity index (χ4n) is 2.20. The molecule has 2 rings (SSSR count). The zero-order valence-corrected chi connectivity index (χ0v) is 17.0. The number of alkyl carbamates (subject to hydrolysis) is 1. The lowest BCUT2D eigenvalue weighted by Gasteiger charge is -2.18. The highest BCUT2D eigenvalue weighted by molar-refractivity contribution is 7.99. The molecule has 152 valence electrons. The van der Waals surface area contributed by atoms with Crippen molar-refractivity contribution in [2.24, 2.45) is 0 Å². The Balaban J connectivity index is 1.88. The first kappa shape index (κ1) is 22.2. The van der Waals surface area contributed by atoms with Crippen molar-refractivity contribution in [3.05, 3.63) is 66.0 Å². The number of carbonyl (C=O) groups is 1. The minimum absolute atomic E-state index is 0.0631. The molecule has 0 saturated heterocycles. The smallest absolute Gasteiger partial charge is 0.407 e. The van der Waals surface area contributed by atoms with Crippen molar-refractivity contribution in [1.29, 1.82) is 0 Å². The maximum absolute atomic E-state index is 13.0. The third-order valence-corrected chi connectivity index (χ3v) is 5.33. The van der Waals surface area contributed by atoms with Crippen molar-refractivity contribution in [2.45, 2.75) is 24.0 Å². The Morgan fingerprint density at radius 1 is 1.14 bits per heavy atom. The average Bonchev–Trinajstić information content (AvgIpc) is 2.65. The normalized spacial score (nSPS) is 12.4. The van der Waals surface area contributed by atoms with E-state index in [1.54, 1.807) is 12.1 Å². The molecule has 0 aromatic heterocycles. The van der Waals surface area contributed by atoms with Gasteiger partial charge in [-0.15, -0.1) is 11.8 Å². The van der Waals surface area contributed by atoms with Gasteiger partial charge in [0.25, 0.3) is 10.1 Å². The van der Waals surface area contributed by atoms with E-state index in [4.69, 9.17) is 8.92 Å². The summed E-state index contributed by atoms with van der Waals surface area (Å²) >= 11 is 1.41. The van der Waals surface area contributed by atoms with Crippen LogP contribution in [0, 0.1) is 5.82 Å². The number of ether oxygens (including phenoxy) is 1. The van der Waals surface area contributed by atoms with Crippen LogP contribution < -0.4 is 5.32 Å². The Kier molecular flexibility index (Phi) is 8.75. The van der Waals surface area contributed by atoms with Gasteiger partial charge in [0.05, 0.1) is 12.9 Å². The fraction of sp³-hybridized carbons (Fsp3) is 0.316. The molecule has 6 nitrogen and oxygen atoms in total. The zero-order valence-electron chi connectivity index (χ0n) is 15.3. The Labute approximate surface area is 168 Å². The highest BCUT2D eigenvalue weighted by atomic mass is 32.2. The minimum Gasteiger partial charge on any atom is -0.445 e. The monoisotopic (exact) mass is 427 g/mol. The standard InChI is InChI=1S/C19H22FNO5S2/c1-28(23,24)26-12-11-17(14-27-18-9-7-16(20)8-10-18)21-19(22)25-13-15-5-3-2-4-6-15/h2-10,17H,11-14H2,1H3,(H,21,22)/t17-/m1/s1. The first-order valence-electron chi connectivity index (χ1n) is 8.52. The number of thioether (sulfide) groups is 1. The molecule has 1 amide bonds. The largest absolute Gasteiger partial charge is 0.445 e. The van der Waals surface area contributed by atoms with Gasteiger partial charge in [-0.25, -0.2) is 9.18 Å². The molecule has 0 bridgehead atoms. The van der Waals surface area contributed by atoms with Crippen LogP contribution in [0.25, 0.3) is 0 Å². The number of nitrogens with one attached hydrogen (secondary N) is 1. The van der Waals surface area contributed by atoms with Crippen LogP contribution in [-0.4, -0.2) is 39.2 Å². The third-order valence-electron chi connectivity index (χ3n) is 3.56. The van der Waals surface area contributed by atoms with Gasteiger partial charge in [0.2, 0.25) is 0 Å². The van der Waals surface area contributed by atoms with Crippen LogP contribution in [-0.2, 0) is 25.6 Å². The van der Waals surface area contributed by atoms with Crippen LogP contribution in [0.2, 0.25) is 0 Å². The predicted octanol–water partition coefficient (Wildman–Crippen LogP) is 3.58. The molecule has 0 aliphatic heterocycles. The molecular formula is C19H22FNO5S2. The molecule has 2 aromatic carbocycles. The van der Waals surface area contributed by atoms with Gasteiger partial charge in [-0.3, -0.25) is 4.18 Å². The van der Waals surface area contributed by atoms with Gasteiger partial charge in [0.15, 0.2) is 0 Å². The minimum atomic E-state index is -3.56. The van der Waals surface area contributed by atoms with Gasteiger partial charge >= 0.3 is 6.09 Å². The van der Waals surface area contributed by atoms with Crippen molar-refractivity contribution in [2.75, 3.05) is 18.6 Å². The zero-order chi connectivity index (χ0) is 20.4. The lowest BCUT2D eigenvalue weighted by molar-refractivity contribution is 0.135. The summed E-state index contributed by atoms with van der Waals surface area (Å²) < 4.78 is 45.2. The van der Waals surface area contributed by atoms with Crippen molar-refractivity contribution >= 4 is 28.0 Å². The Morgan fingerprint density at radius 3 is 2.46 bits per heavy atom. The molecule has 0 saturated carbocycles. The van der Waals surface area contributed by atoms with Gasteiger partial charge in [-0.2, -0.15) is 8.42 Å². The van der Waals surface area contributed by atoms with Gasteiger partial charge < -0.3 is 10.1 Å². The summed E-state index contributed by atoms with van der Waals surface area (Å²) in [5, 5.41) is 2.72. The summed E-state index contributed by atoms with van der Waals surface area (Å²) in [6.45, 7) is 0.0663. The van der Waals surface area contributed by atoms with Crippen LogP contribution in [0.5, 0.6) is 0 Å². The average molecular weight is 428 g/mol. The number of hydrogen-bond donors (Lipinski definition) is 1. The molecule has 0 aliphatic carbocycles. The van der Waals surface area contributed by atoms with E-state index in [1.807, 2.05) is 30.3 Å². The van der Waals surface area contributed by atoms with Crippen LogP contribution in [0.15, 0.2) is 59.5 Å². The molecule has 0 heterocycles. The summed E-state index contributed by atoms with van der Waals surface area (Å²) in [6.07, 6.45) is 0.645. The molecular weight excluding hydrogens is 405 g/mol. The molecule has 1 N–H and O–H groups in total. The molecule has 0 spiro atoms. The van der Waals surface area contributed by atoms with Crippen LogP contribution in [0.1, 0.15) is 12.0 Å². The maximum Gasteiger partial charge on any atom is 0.407 e. The molecule has 28 heavy (non-hydrogen) atoms. The van der Waals surface area contributed by atoms with Crippen molar-refractivity contribution < 1.29 is 26.5 Å². The van der Waals surface area contributed by atoms with Gasteiger partial charge in [0, 0.05) is 16.7 Å². The molecule has 9 heteroatoms. The van der Waals surface area contributed by atoms with E-state index in [-0.39, 0.29) is 31.5 Å². The molecule has 0 aliphatic rings. The first-order chi connectivity index (χ1) is 13.3. The number of halogens is 1. The van der Waals surface area contributed by atoms with E-state index in [9.17, 15) is 17.6 Å². The highest BCUT2D eigenvalue weighted by Crippen LogP contribution is 2.20. The molecule has 1 atom stereocenters. The Hall–Kier alpha value is -2.10. The van der Waals surface area contributed by atoms with Gasteiger partial charge in [-0.05, 0) is 36.2 Å². The van der Waals surface area contributed by atoms with E-state index in [2.05, 4.69) is 5.32 Å². The third kappa shape index (κ3) is 9.20. The van der Waals surface area contributed by atoms with E-state index >= 15 is 0 Å². The van der Waals surface area contributed by atoms with E-state index < -0.39 is 16.2 Å². The lowest BCUT2D eigenvalue weighted by Crippen LogP contribution is -2.38. The number of benzene rings is 2. The highest BCUT2D eigenvalue weighted by Gasteiger charge is 2.15. The number of rotatable bonds is 10. The summed E-state index contributed by atoms with van der Waals surface area (Å²) in [4.78, 5) is 12.9. The summed E-state index contributed by atoms with van der Waals surface area (Å²) in [5.74, 6) is 0.115.